The number of fused-ring (bicyclic) bond motifs is 3. The van der Waals surface area contributed by atoms with Crippen molar-refractivity contribution in [1.82, 2.24) is 9.55 Å². The summed E-state index contributed by atoms with van der Waals surface area (Å²) in [5.74, 6) is 0. The van der Waals surface area contributed by atoms with E-state index >= 15 is 0 Å². The Hall–Kier alpha value is -1.59. The first-order valence-corrected chi connectivity index (χ1v) is 9.41. The molecule has 1 aliphatic rings. The molecule has 112 valence electrons. The lowest BCUT2D eigenvalue weighted by Gasteiger charge is -2.11. The minimum atomic E-state index is 0.0811. The Morgan fingerprint density at radius 3 is 2.73 bits per heavy atom. The fourth-order valence-corrected chi connectivity index (χ4v) is 4.95. The molecule has 4 rings (SSSR count). The number of hydrogen-bond acceptors (Lipinski definition) is 4. The second-order valence-electron chi connectivity index (χ2n) is 5.61. The first-order chi connectivity index (χ1) is 10.7. The zero-order valence-corrected chi connectivity index (χ0v) is 14.2. The van der Waals surface area contributed by atoms with Gasteiger partial charge in [-0.3, -0.25) is 9.36 Å². The molecule has 2 heterocycles. The smallest absolute Gasteiger partial charge is 0.267 e. The molecule has 5 heteroatoms. The van der Waals surface area contributed by atoms with E-state index in [1.165, 1.54) is 27.8 Å². The molecule has 0 radical (unpaired) electrons. The first-order valence-electron chi connectivity index (χ1n) is 7.37. The van der Waals surface area contributed by atoms with Gasteiger partial charge in [0.1, 0.15) is 4.83 Å². The van der Waals surface area contributed by atoms with Crippen LogP contribution in [0.15, 0.2) is 34.2 Å². The molecule has 0 unspecified atom stereocenters. The number of aryl methyl sites for hydroxylation is 3. The van der Waals surface area contributed by atoms with Crippen LogP contribution >= 0.6 is 23.1 Å². The fraction of sp³-hybridized carbons (Fsp3) is 0.294. The van der Waals surface area contributed by atoms with Crippen LogP contribution in [0.5, 0.6) is 0 Å². The Labute approximate surface area is 137 Å². The number of hydrogen-bond donors (Lipinski definition) is 0. The van der Waals surface area contributed by atoms with Gasteiger partial charge >= 0.3 is 0 Å². The molecule has 0 atom stereocenters. The van der Waals surface area contributed by atoms with Gasteiger partial charge < -0.3 is 0 Å². The van der Waals surface area contributed by atoms with Crippen molar-refractivity contribution in [2.45, 2.75) is 31.3 Å². The lowest BCUT2D eigenvalue weighted by Crippen LogP contribution is -2.21. The second-order valence-corrected chi connectivity index (χ2v) is 7.47. The van der Waals surface area contributed by atoms with Gasteiger partial charge in [0.05, 0.1) is 11.1 Å². The van der Waals surface area contributed by atoms with Gasteiger partial charge in [0.2, 0.25) is 0 Å². The van der Waals surface area contributed by atoms with Gasteiger partial charge in [0, 0.05) is 4.88 Å². The van der Waals surface area contributed by atoms with Crippen molar-refractivity contribution in [3.05, 3.63) is 50.6 Å². The van der Waals surface area contributed by atoms with Crippen LogP contribution in [0, 0.1) is 6.92 Å². The summed E-state index contributed by atoms with van der Waals surface area (Å²) >= 11 is 3.22. The summed E-state index contributed by atoms with van der Waals surface area (Å²) in [4.78, 5) is 20.2. The fourth-order valence-electron chi connectivity index (χ4n) is 3.08. The van der Waals surface area contributed by atoms with Crippen molar-refractivity contribution >= 4 is 33.3 Å². The van der Waals surface area contributed by atoms with Gasteiger partial charge in [0.25, 0.3) is 5.56 Å². The molecule has 0 amide bonds. The molecular weight excluding hydrogens is 312 g/mol. The Bertz CT molecular complexity index is 922. The summed E-state index contributed by atoms with van der Waals surface area (Å²) in [5.41, 5.74) is 3.41. The topological polar surface area (TPSA) is 34.9 Å². The molecule has 0 fully saturated rings. The van der Waals surface area contributed by atoms with E-state index in [1.807, 2.05) is 30.5 Å². The van der Waals surface area contributed by atoms with E-state index in [1.54, 1.807) is 15.9 Å². The predicted octanol–water partition coefficient (Wildman–Crippen LogP) is 3.97. The Morgan fingerprint density at radius 2 is 2.00 bits per heavy atom. The molecule has 3 aromatic rings. The van der Waals surface area contributed by atoms with Crippen LogP contribution in [-0.4, -0.2) is 15.8 Å². The Morgan fingerprint density at radius 1 is 1.23 bits per heavy atom. The molecule has 0 saturated heterocycles. The van der Waals surface area contributed by atoms with Crippen LogP contribution in [0.2, 0.25) is 0 Å². The average molecular weight is 328 g/mol. The van der Waals surface area contributed by atoms with Crippen molar-refractivity contribution in [2.24, 2.45) is 0 Å². The quantitative estimate of drug-likeness (QED) is 0.527. The van der Waals surface area contributed by atoms with E-state index in [0.29, 0.717) is 0 Å². The van der Waals surface area contributed by atoms with Crippen LogP contribution in [0.4, 0.5) is 0 Å². The molecule has 0 aliphatic heterocycles. The van der Waals surface area contributed by atoms with Crippen molar-refractivity contribution in [3.63, 3.8) is 0 Å². The van der Waals surface area contributed by atoms with E-state index < -0.39 is 0 Å². The Balaban J connectivity index is 2.06. The van der Waals surface area contributed by atoms with Crippen LogP contribution in [0.25, 0.3) is 15.9 Å². The van der Waals surface area contributed by atoms with Gasteiger partial charge in [-0.25, -0.2) is 4.98 Å². The molecule has 0 bridgehead atoms. The molecule has 22 heavy (non-hydrogen) atoms. The number of aromatic nitrogens is 2. The molecule has 1 aromatic carbocycles. The zero-order chi connectivity index (χ0) is 15.3. The maximum atomic E-state index is 13.1. The van der Waals surface area contributed by atoms with E-state index in [4.69, 9.17) is 4.98 Å². The van der Waals surface area contributed by atoms with Crippen LogP contribution in [0.1, 0.15) is 22.4 Å². The van der Waals surface area contributed by atoms with E-state index in [2.05, 4.69) is 6.92 Å². The van der Waals surface area contributed by atoms with Crippen molar-refractivity contribution in [3.8, 4) is 5.69 Å². The van der Waals surface area contributed by atoms with Crippen molar-refractivity contribution < 1.29 is 0 Å². The summed E-state index contributed by atoms with van der Waals surface area (Å²) in [6.07, 6.45) is 5.23. The minimum Gasteiger partial charge on any atom is -0.268 e. The van der Waals surface area contributed by atoms with Crippen LogP contribution < -0.4 is 5.56 Å². The second kappa shape index (κ2) is 5.25. The number of rotatable bonds is 2. The van der Waals surface area contributed by atoms with E-state index in [-0.39, 0.29) is 5.56 Å². The maximum absolute atomic E-state index is 13.1. The molecule has 0 spiro atoms. The minimum absolute atomic E-state index is 0.0811. The molecular formula is C17H16N2OS2. The van der Waals surface area contributed by atoms with Gasteiger partial charge in [-0.05, 0) is 50.1 Å². The summed E-state index contributed by atoms with van der Waals surface area (Å²) in [5, 5.41) is 1.61. The third kappa shape index (κ3) is 2.03. The number of thiophene rings is 1. The third-order valence-corrected chi connectivity index (χ3v) is 6.01. The molecule has 2 aromatic heterocycles. The summed E-state index contributed by atoms with van der Waals surface area (Å²) in [7, 11) is 0. The van der Waals surface area contributed by atoms with Gasteiger partial charge in [0.15, 0.2) is 5.16 Å². The third-order valence-electron chi connectivity index (χ3n) is 4.18. The van der Waals surface area contributed by atoms with Gasteiger partial charge in [-0.1, -0.05) is 29.5 Å². The summed E-state index contributed by atoms with van der Waals surface area (Å²) in [6.45, 7) is 2.05. The molecule has 0 saturated carbocycles. The van der Waals surface area contributed by atoms with Crippen LogP contribution in [0.3, 0.4) is 0 Å². The monoisotopic (exact) mass is 328 g/mol. The SMILES string of the molecule is CSc1nc2sc3c(c2c(=O)n1-c1ccc(C)cc1)CCC3. The normalized spacial score (nSPS) is 13.7. The highest BCUT2D eigenvalue weighted by Gasteiger charge is 2.23. The lowest BCUT2D eigenvalue weighted by molar-refractivity contribution is 0.821. The lowest BCUT2D eigenvalue weighted by atomic mass is 10.2. The molecule has 3 nitrogen and oxygen atoms in total. The molecule has 1 aliphatic carbocycles. The average Bonchev–Trinajstić information content (AvgIpc) is 3.08. The predicted molar refractivity (Wildman–Crippen MR) is 93.8 cm³/mol. The standard InChI is InChI=1S/C17H16N2OS2/c1-10-6-8-11(9-7-10)19-16(20)14-12-4-3-5-13(12)22-15(14)18-17(19)21-2/h6-9H,3-5H2,1-2H3. The van der Waals surface area contributed by atoms with Crippen molar-refractivity contribution in [1.29, 1.82) is 0 Å². The molecule has 0 N–H and O–H groups in total. The van der Waals surface area contributed by atoms with Gasteiger partial charge in [-0.2, -0.15) is 0 Å². The zero-order valence-electron chi connectivity index (χ0n) is 12.5. The number of thioether (sulfide) groups is 1. The van der Waals surface area contributed by atoms with Crippen LogP contribution in [-0.2, 0) is 12.8 Å². The Kier molecular flexibility index (Phi) is 3.35. The highest BCUT2D eigenvalue weighted by molar-refractivity contribution is 7.98. The summed E-state index contributed by atoms with van der Waals surface area (Å²) < 4.78 is 1.76. The van der Waals surface area contributed by atoms with Gasteiger partial charge in [-0.15, -0.1) is 11.3 Å². The summed E-state index contributed by atoms with van der Waals surface area (Å²) in [6, 6.07) is 8.06. The largest absolute Gasteiger partial charge is 0.268 e. The van der Waals surface area contributed by atoms with Crippen molar-refractivity contribution in [2.75, 3.05) is 6.26 Å². The highest BCUT2D eigenvalue weighted by atomic mass is 32.2. The highest BCUT2D eigenvalue weighted by Crippen LogP contribution is 2.35. The number of benzene rings is 1. The first kappa shape index (κ1) is 14.0. The van der Waals surface area contributed by atoms with E-state index in [0.717, 1.165) is 40.3 Å². The van der Waals surface area contributed by atoms with E-state index in [9.17, 15) is 4.79 Å². The number of nitrogens with zero attached hydrogens (tertiary/aromatic N) is 2. The maximum Gasteiger partial charge on any atom is 0.267 e.